The Balaban J connectivity index is 2.35. The summed E-state index contributed by atoms with van der Waals surface area (Å²) in [5.41, 5.74) is 6.61. The van der Waals surface area contributed by atoms with E-state index in [1.54, 1.807) is 6.92 Å². The van der Waals surface area contributed by atoms with E-state index in [0.717, 1.165) is 5.00 Å². The summed E-state index contributed by atoms with van der Waals surface area (Å²) in [6.07, 6.45) is 2.83. The van der Waals surface area contributed by atoms with Crippen molar-refractivity contribution in [1.29, 1.82) is 5.26 Å². The van der Waals surface area contributed by atoms with Gasteiger partial charge in [0, 0.05) is 12.0 Å². The molecule has 1 aliphatic carbocycles. The van der Waals surface area contributed by atoms with E-state index < -0.39 is 0 Å². The molecular weight excluding hydrogens is 258 g/mol. The number of carbonyl (C=O) groups excluding carboxylic acids is 1. The van der Waals surface area contributed by atoms with E-state index in [1.807, 2.05) is 0 Å². The summed E-state index contributed by atoms with van der Waals surface area (Å²) in [6.45, 7) is 6.06. The summed E-state index contributed by atoms with van der Waals surface area (Å²) >= 11 is 1.31. The van der Waals surface area contributed by atoms with Crippen LogP contribution in [0.5, 0.6) is 0 Å². The van der Waals surface area contributed by atoms with Crippen molar-refractivity contribution in [2.75, 3.05) is 11.1 Å². The standard InChI is InChI=1S/C14H19N3OS/c1-4-10(18)12-11(16)9(7-15)13(19-12)17-14(2,3)8-5-6-8/h8,17H,4-6,16H2,1-3H3. The molecule has 2 rings (SSSR count). The molecule has 0 amide bonds. The molecule has 1 aliphatic rings. The first kappa shape index (κ1) is 13.9. The smallest absolute Gasteiger partial charge is 0.174 e. The Hall–Kier alpha value is -1.54. The van der Waals surface area contributed by atoms with Gasteiger partial charge in [0.15, 0.2) is 5.78 Å². The molecule has 1 saturated carbocycles. The van der Waals surface area contributed by atoms with Gasteiger partial charge in [-0.3, -0.25) is 4.79 Å². The highest BCUT2D eigenvalue weighted by atomic mass is 32.1. The third kappa shape index (κ3) is 2.59. The Morgan fingerprint density at radius 2 is 2.21 bits per heavy atom. The van der Waals surface area contributed by atoms with Crippen molar-refractivity contribution in [1.82, 2.24) is 0 Å². The zero-order chi connectivity index (χ0) is 14.2. The fourth-order valence-corrected chi connectivity index (χ4v) is 3.46. The lowest BCUT2D eigenvalue weighted by Gasteiger charge is -2.26. The molecule has 0 saturated heterocycles. The molecule has 1 aromatic heterocycles. The summed E-state index contributed by atoms with van der Waals surface area (Å²) in [5, 5.41) is 13.4. The Labute approximate surface area is 117 Å². The first-order valence-corrected chi connectivity index (χ1v) is 7.36. The number of anilines is 2. The Kier molecular flexibility index (Phi) is 3.55. The van der Waals surface area contributed by atoms with E-state index in [2.05, 4.69) is 25.2 Å². The molecule has 5 heteroatoms. The van der Waals surface area contributed by atoms with E-state index in [4.69, 9.17) is 5.73 Å². The van der Waals surface area contributed by atoms with Crippen LogP contribution in [0.2, 0.25) is 0 Å². The number of nitrogen functional groups attached to an aromatic ring is 1. The maximum absolute atomic E-state index is 11.8. The highest BCUT2D eigenvalue weighted by Gasteiger charge is 2.38. The van der Waals surface area contributed by atoms with Crippen LogP contribution in [0.4, 0.5) is 10.7 Å². The highest BCUT2D eigenvalue weighted by Crippen LogP contribution is 2.44. The Morgan fingerprint density at radius 1 is 1.58 bits per heavy atom. The van der Waals surface area contributed by atoms with Gasteiger partial charge in [0.2, 0.25) is 0 Å². The fourth-order valence-electron chi connectivity index (χ4n) is 2.21. The van der Waals surface area contributed by atoms with Gasteiger partial charge in [-0.2, -0.15) is 5.26 Å². The number of nitrogens with two attached hydrogens (primary N) is 1. The van der Waals surface area contributed by atoms with Gasteiger partial charge in [0.25, 0.3) is 0 Å². The van der Waals surface area contributed by atoms with Crippen LogP contribution in [0.1, 0.15) is 55.3 Å². The molecule has 3 N–H and O–H groups in total. The van der Waals surface area contributed by atoms with E-state index >= 15 is 0 Å². The van der Waals surface area contributed by atoms with Crippen molar-refractivity contribution in [3.63, 3.8) is 0 Å². The number of Topliss-reactive ketones (excluding diaryl/α,β-unsaturated/α-hetero) is 1. The lowest BCUT2D eigenvalue weighted by atomic mass is 9.99. The van der Waals surface area contributed by atoms with Crippen LogP contribution in [-0.4, -0.2) is 11.3 Å². The second-order valence-electron chi connectivity index (χ2n) is 5.56. The van der Waals surface area contributed by atoms with Crippen molar-refractivity contribution in [3.8, 4) is 6.07 Å². The molecule has 0 bridgehead atoms. The molecule has 19 heavy (non-hydrogen) atoms. The lowest BCUT2D eigenvalue weighted by Crippen LogP contribution is -2.33. The summed E-state index contributed by atoms with van der Waals surface area (Å²) < 4.78 is 0. The second kappa shape index (κ2) is 4.86. The quantitative estimate of drug-likeness (QED) is 0.808. The molecular formula is C14H19N3OS. The van der Waals surface area contributed by atoms with Crippen molar-refractivity contribution in [2.24, 2.45) is 5.92 Å². The maximum Gasteiger partial charge on any atom is 0.174 e. The summed E-state index contributed by atoms with van der Waals surface area (Å²) in [7, 11) is 0. The van der Waals surface area contributed by atoms with Crippen LogP contribution < -0.4 is 11.1 Å². The fraction of sp³-hybridized carbons (Fsp3) is 0.571. The third-order valence-electron chi connectivity index (χ3n) is 3.66. The van der Waals surface area contributed by atoms with Gasteiger partial charge >= 0.3 is 0 Å². The van der Waals surface area contributed by atoms with Gasteiger partial charge in [-0.15, -0.1) is 11.3 Å². The van der Waals surface area contributed by atoms with Crippen LogP contribution in [-0.2, 0) is 0 Å². The average Bonchev–Trinajstić information content (AvgIpc) is 3.15. The normalized spacial score (nSPS) is 15.1. The number of nitrogens with one attached hydrogen (secondary N) is 1. The van der Waals surface area contributed by atoms with E-state index in [1.165, 1.54) is 24.2 Å². The SMILES string of the molecule is CCC(=O)c1sc(NC(C)(C)C2CC2)c(C#N)c1N. The Bertz CT molecular complexity index is 550. The minimum Gasteiger partial charge on any atom is -0.396 e. The largest absolute Gasteiger partial charge is 0.396 e. The third-order valence-corrected chi connectivity index (χ3v) is 4.83. The zero-order valence-electron chi connectivity index (χ0n) is 11.5. The minimum absolute atomic E-state index is 0.00345. The molecule has 0 aromatic carbocycles. The number of hydrogen-bond acceptors (Lipinski definition) is 5. The van der Waals surface area contributed by atoms with Gasteiger partial charge in [-0.25, -0.2) is 0 Å². The Morgan fingerprint density at radius 3 is 2.68 bits per heavy atom. The zero-order valence-corrected chi connectivity index (χ0v) is 12.4. The monoisotopic (exact) mass is 277 g/mol. The number of hydrogen-bond donors (Lipinski definition) is 2. The van der Waals surface area contributed by atoms with Crippen molar-refractivity contribution < 1.29 is 4.79 Å². The highest BCUT2D eigenvalue weighted by molar-refractivity contribution is 7.19. The summed E-state index contributed by atoms with van der Waals surface area (Å²) in [4.78, 5) is 12.3. The van der Waals surface area contributed by atoms with Crippen LogP contribution in [0.15, 0.2) is 0 Å². The topological polar surface area (TPSA) is 78.9 Å². The van der Waals surface area contributed by atoms with Crippen LogP contribution in [0.25, 0.3) is 0 Å². The summed E-state index contributed by atoms with van der Waals surface area (Å²) in [5.74, 6) is 0.629. The van der Waals surface area contributed by atoms with E-state index in [0.29, 0.717) is 28.5 Å². The van der Waals surface area contributed by atoms with Crippen LogP contribution >= 0.6 is 11.3 Å². The lowest BCUT2D eigenvalue weighted by molar-refractivity contribution is 0.0993. The molecule has 0 aliphatic heterocycles. The average molecular weight is 277 g/mol. The van der Waals surface area contributed by atoms with Gasteiger partial charge in [-0.05, 0) is 32.6 Å². The molecule has 0 spiro atoms. The predicted molar refractivity (Wildman–Crippen MR) is 78.5 cm³/mol. The van der Waals surface area contributed by atoms with E-state index in [9.17, 15) is 10.1 Å². The van der Waals surface area contributed by atoms with Gasteiger partial charge in [0.05, 0.1) is 10.6 Å². The molecule has 0 radical (unpaired) electrons. The number of ketones is 1. The molecule has 0 atom stereocenters. The van der Waals surface area contributed by atoms with Gasteiger partial charge in [-0.1, -0.05) is 6.92 Å². The van der Waals surface area contributed by atoms with Crippen molar-refractivity contribution >= 4 is 27.8 Å². The van der Waals surface area contributed by atoms with Crippen LogP contribution in [0, 0.1) is 17.2 Å². The first-order valence-electron chi connectivity index (χ1n) is 6.54. The molecule has 1 heterocycles. The molecule has 102 valence electrons. The van der Waals surface area contributed by atoms with Gasteiger partial charge < -0.3 is 11.1 Å². The van der Waals surface area contributed by atoms with Crippen molar-refractivity contribution in [3.05, 3.63) is 10.4 Å². The minimum atomic E-state index is -0.0601. The second-order valence-corrected chi connectivity index (χ2v) is 6.58. The maximum atomic E-state index is 11.8. The van der Waals surface area contributed by atoms with Gasteiger partial charge in [0.1, 0.15) is 16.6 Å². The van der Waals surface area contributed by atoms with Crippen LogP contribution in [0.3, 0.4) is 0 Å². The number of nitriles is 1. The van der Waals surface area contributed by atoms with E-state index in [-0.39, 0.29) is 11.3 Å². The number of carbonyl (C=O) groups is 1. The molecule has 1 aromatic rings. The first-order chi connectivity index (χ1) is 8.90. The van der Waals surface area contributed by atoms with Crippen molar-refractivity contribution in [2.45, 2.75) is 45.6 Å². The number of thiophene rings is 1. The summed E-state index contributed by atoms with van der Waals surface area (Å²) in [6, 6.07) is 2.12. The molecule has 0 unspecified atom stereocenters. The molecule has 1 fully saturated rings. The molecule has 4 nitrogen and oxygen atoms in total. The predicted octanol–water partition coefficient (Wildman–Crippen LogP) is 3.40. The number of nitrogens with zero attached hydrogens (tertiary/aromatic N) is 1. The number of rotatable bonds is 5.